The van der Waals surface area contributed by atoms with E-state index in [2.05, 4.69) is 0 Å². The summed E-state index contributed by atoms with van der Waals surface area (Å²) >= 11 is 0. The first-order valence-corrected chi connectivity index (χ1v) is 6.12. The van der Waals surface area contributed by atoms with Gasteiger partial charge in [-0.1, -0.05) is 0 Å². The highest BCUT2D eigenvalue weighted by molar-refractivity contribution is 5.75. The summed E-state index contributed by atoms with van der Waals surface area (Å²) < 4.78 is 5.24. The molecular weight excluding hydrogens is 220 g/mol. The summed E-state index contributed by atoms with van der Waals surface area (Å²) in [5.41, 5.74) is -0.645. The molecule has 5 heteroatoms. The van der Waals surface area contributed by atoms with Crippen LogP contribution < -0.4 is 0 Å². The molecule has 5 nitrogen and oxygen atoms in total. The van der Waals surface area contributed by atoms with Crippen molar-refractivity contribution in [2.45, 2.75) is 24.9 Å². The maximum Gasteiger partial charge on any atom is 0.223 e. The molecule has 0 aliphatic carbocycles. The van der Waals surface area contributed by atoms with Gasteiger partial charge in [0.25, 0.3) is 0 Å². The molecule has 0 radical (unpaired) electrons. The lowest BCUT2D eigenvalue weighted by molar-refractivity contribution is -0.129. The van der Waals surface area contributed by atoms with Gasteiger partial charge in [-0.3, -0.25) is 4.79 Å². The summed E-state index contributed by atoms with van der Waals surface area (Å²) in [6.45, 7) is 2.54. The average molecular weight is 244 g/mol. The highest BCUT2D eigenvalue weighted by Crippen LogP contribution is 2.21. The Morgan fingerprint density at radius 2 is 1.88 bits per heavy atom. The third kappa shape index (κ3) is 5.02. The number of hydrogen-bond acceptors (Lipinski definition) is 4. The maximum absolute atomic E-state index is 11.4. The lowest BCUT2D eigenvalue weighted by Crippen LogP contribution is -2.46. The van der Waals surface area contributed by atoms with Gasteiger partial charge in [0.15, 0.2) is 0 Å². The lowest BCUT2D eigenvalue weighted by Gasteiger charge is -2.35. The van der Waals surface area contributed by atoms with Gasteiger partial charge >= 0.3 is 0 Å². The van der Waals surface area contributed by atoms with Crippen LogP contribution in [0.2, 0.25) is 0 Å². The van der Waals surface area contributed by atoms with Crippen LogP contribution in [-0.2, 0) is 9.53 Å². The van der Waals surface area contributed by atoms with Gasteiger partial charge in [-0.25, -0.2) is 0 Å². The number of carbonyl (C=O) groups is 1. The Kier molecular flexibility index (Phi) is 5.36. The van der Waals surface area contributed by atoms with Gasteiger partial charge < -0.3 is 19.6 Å². The second-order valence-electron chi connectivity index (χ2n) is 5.11. The Hall–Kier alpha value is -0.650. The Bertz CT molecular complexity index is 250. The summed E-state index contributed by atoms with van der Waals surface area (Å²) in [5.74, 6) is 0.121. The van der Waals surface area contributed by atoms with E-state index in [4.69, 9.17) is 4.74 Å². The van der Waals surface area contributed by atoms with Crippen LogP contribution in [0.1, 0.15) is 19.3 Å². The zero-order valence-electron chi connectivity index (χ0n) is 11.1. The molecule has 0 saturated carbocycles. The van der Waals surface area contributed by atoms with Crippen LogP contribution in [0.25, 0.3) is 0 Å². The molecule has 0 spiro atoms. The van der Waals surface area contributed by atoms with Crippen LogP contribution >= 0.6 is 0 Å². The predicted octanol–water partition coefficient (Wildman–Crippen LogP) is -0.0620. The predicted molar refractivity (Wildman–Crippen MR) is 65.8 cm³/mol. The summed E-state index contributed by atoms with van der Waals surface area (Å²) in [5, 5.41) is 10.3. The minimum atomic E-state index is -0.645. The second kappa shape index (κ2) is 6.33. The SMILES string of the molecule is CN(CCC(=O)N(C)C)CC1(O)CCOCC1. The number of aliphatic hydroxyl groups is 1. The number of carbonyl (C=O) groups excluding carboxylic acids is 1. The zero-order chi connectivity index (χ0) is 12.9. The molecule has 0 aromatic rings. The molecule has 1 saturated heterocycles. The summed E-state index contributed by atoms with van der Waals surface area (Å²) in [6, 6.07) is 0. The minimum Gasteiger partial charge on any atom is -0.388 e. The Morgan fingerprint density at radius 1 is 1.29 bits per heavy atom. The summed E-state index contributed by atoms with van der Waals surface area (Å²) in [7, 11) is 5.46. The van der Waals surface area contributed by atoms with E-state index in [1.54, 1.807) is 19.0 Å². The zero-order valence-corrected chi connectivity index (χ0v) is 11.1. The van der Waals surface area contributed by atoms with E-state index in [0.29, 0.717) is 45.6 Å². The van der Waals surface area contributed by atoms with Crippen molar-refractivity contribution < 1.29 is 14.6 Å². The van der Waals surface area contributed by atoms with Crippen molar-refractivity contribution in [3.63, 3.8) is 0 Å². The monoisotopic (exact) mass is 244 g/mol. The van der Waals surface area contributed by atoms with E-state index in [1.807, 2.05) is 11.9 Å². The first-order chi connectivity index (χ1) is 7.93. The maximum atomic E-state index is 11.4. The van der Waals surface area contributed by atoms with Crippen molar-refractivity contribution in [3.05, 3.63) is 0 Å². The molecule has 1 aliphatic rings. The molecular formula is C12H24N2O3. The molecule has 0 aromatic heterocycles. The minimum absolute atomic E-state index is 0.121. The van der Waals surface area contributed by atoms with Crippen molar-refractivity contribution in [2.24, 2.45) is 0 Å². The van der Waals surface area contributed by atoms with Crippen LogP contribution in [0.4, 0.5) is 0 Å². The number of ether oxygens (including phenoxy) is 1. The van der Waals surface area contributed by atoms with Gasteiger partial charge in [-0.05, 0) is 7.05 Å². The number of nitrogens with zero attached hydrogens (tertiary/aromatic N) is 2. The van der Waals surface area contributed by atoms with E-state index in [0.717, 1.165) is 0 Å². The fourth-order valence-electron chi connectivity index (χ4n) is 2.00. The Balaban J connectivity index is 2.28. The normalized spacial score (nSPS) is 19.4. The first kappa shape index (κ1) is 14.4. The molecule has 0 bridgehead atoms. The number of rotatable bonds is 5. The quantitative estimate of drug-likeness (QED) is 0.736. The van der Waals surface area contributed by atoms with Crippen molar-refractivity contribution >= 4 is 5.91 Å². The third-order valence-electron chi connectivity index (χ3n) is 3.19. The summed E-state index contributed by atoms with van der Waals surface area (Å²) in [4.78, 5) is 15.1. The van der Waals surface area contributed by atoms with E-state index < -0.39 is 5.60 Å². The molecule has 1 N–H and O–H groups in total. The van der Waals surface area contributed by atoms with Gasteiger partial charge in [0.1, 0.15) is 0 Å². The largest absolute Gasteiger partial charge is 0.388 e. The molecule has 1 rings (SSSR count). The van der Waals surface area contributed by atoms with Gasteiger partial charge in [0.2, 0.25) is 5.91 Å². The highest BCUT2D eigenvalue weighted by atomic mass is 16.5. The summed E-state index contributed by atoms with van der Waals surface area (Å²) in [6.07, 6.45) is 1.86. The Morgan fingerprint density at radius 3 is 2.41 bits per heavy atom. The van der Waals surface area contributed by atoms with E-state index in [1.165, 1.54) is 0 Å². The smallest absolute Gasteiger partial charge is 0.223 e. The molecule has 0 atom stereocenters. The molecule has 17 heavy (non-hydrogen) atoms. The van der Waals surface area contributed by atoms with E-state index in [9.17, 15) is 9.90 Å². The Labute approximate surface area is 103 Å². The van der Waals surface area contributed by atoms with E-state index >= 15 is 0 Å². The van der Waals surface area contributed by atoms with Crippen LogP contribution in [-0.4, -0.2) is 73.9 Å². The van der Waals surface area contributed by atoms with E-state index in [-0.39, 0.29) is 5.91 Å². The van der Waals surface area contributed by atoms with Gasteiger partial charge in [-0.15, -0.1) is 0 Å². The molecule has 0 unspecified atom stereocenters. The van der Waals surface area contributed by atoms with Crippen molar-refractivity contribution in [1.29, 1.82) is 0 Å². The van der Waals surface area contributed by atoms with Crippen LogP contribution in [0.5, 0.6) is 0 Å². The molecule has 1 amide bonds. The highest BCUT2D eigenvalue weighted by Gasteiger charge is 2.30. The fourth-order valence-corrected chi connectivity index (χ4v) is 2.00. The standard InChI is InChI=1S/C12H24N2O3/c1-13(2)11(15)4-7-14(3)10-12(16)5-8-17-9-6-12/h16H,4-10H2,1-3H3. The van der Waals surface area contributed by atoms with Crippen molar-refractivity contribution in [1.82, 2.24) is 9.80 Å². The van der Waals surface area contributed by atoms with Gasteiger partial charge in [0, 0.05) is 59.7 Å². The van der Waals surface area contributed by atoms with Gasteiger partial charge in [0.05, 0.1) is 5.60 Å². The average Bonchev–Trinajstić information content (AvgIpc) is 2.26. The molecule has 100 valence electrons. The number of amides is 1. The van der Waals surface area contributed by atoms with Crippen LogP contribution in [0.3, 0.4) is 0 Å². The number of hydrogen-bond donors (Lipinski definition) is 1. The van der Waals surface area contributed by atoms with Gasteiger partial charge in [-0.2, -0.15) is 0 Å². The fraction of sp³-hybridized carbons (Fsp3) is 0.917. The molecule has 1 aliphatic heterocycles. The first-order valence-electron chi connectivity index (χ1n) is 6.12. The lowest BCUT2D eigenvalue weighted by atomic mass is 9.94. The molecule has 1 fully saturated rings. The third-order valence-corrected chi connectivity index (χ3v) is 3.19. The molecule has 1 heterocycles. The van der Waals surface area contributed by atoms with Crippen LogP contribution in [0, 0.1) is 0 Å². The topological polar surface area (TPSA) is 53.0 Å². The second-order valence-corrected chi connectivity index (χ2v) is 5.11. The van der Waals surface area contributed by atoms with Crippen molar-refractivity contribution in [3.8, 4) is 0 Å². The molecule has 0 aromatic carbocycles. The number of likely N-dealkylation sites (N-methyl/N-ethyl adjacent to an activating group) is 1. The van der Waals surface area contributed by atoms with Crippen molar-refractivity contribution in [2.75, 3.05) is 47.4 Å². The van der Waals surface area contributed by atoms with Crippen LogP contribution in [0.15, 0.2) is 0 Å².